The van der Waals surface area contributed by atoms with Gasteiger partial charge in [0.15, 0.2) is 5.82 Å². The number of allylic oxidation sites excluding steroid dienone is 5. The molecule has 0 spiro atoms. The summed E-state index contributed by atoms with van der Waals surface area (Å²) in [5, 5.41) is 0. The summed E-state index contributed by atoms with van der Waals surface area (Å²) in [6.07, 6.45) is 10.00. The van der Waals surface area contributed by atoms with Crippen molar-refractivity contribution < 1.29 is 0 Å². The van der Waals surface area contributed by atoms with Crippen molar-refractivity contribution in [3.63, 3.8) is 0 Å². The van der Waals surface area contributed by atoms with E-state index in [0.29, 0.717) is 5.92 Å². The lowest BCUT2D eigenvalue weighted by atomic mass is 9.65. The highest BCUT2D eigenvalue weighted by molar-refractivity contribution is 5.79. The van der Waals surface area contributed by atoms with E-state index in [9.17, 15) is 0 Å². The molecule has 0 N–H and O–H groups in total. The molecule has 5 aromatic rings. The zero-order chi connectivity index (χ0) is 31.4. The molecule has 0 bridgehead atoms. The van der Waals surface area contributed by atoms with Gasteiger partial charge in [-0.3, -0.25) is 0 Å². The van der Waals surface area contributed by atoms with E-state index in [2.05, 4.69) is 156 Å². The molecular weight excluding hydrogens is 544 g/mol. The van der Waals surface area contributed by atoms with Crippen molar-refractivity contribution in [2.24, 2.45) is 5.92 Å². The molecular formula is C43H42N2. The van der Waals surface area contributed by atoms with Gasteiger partial charge in [-0.1, -0.05) is 148 Å². The number of hydrogen-bond acceptors (Lipinski definition) is 2. The number of aromatic nitrogens is 2. The van der Waals surface area contributed by atoms with Crippen LogP contribution in [0.15, 0.2) is 134 Å². The van der Waals surface area contributed by atoms with Crippen LogP contribution in [0.4, 0.5) is 0 Å². The first-order valence-corrected chi connectivity index (χ1v) is 16.2. The van der Waals surface area contributed by atoms with Gasteiger partial charge in [0.05, 0.1) is 11.4 Å². The SMILES string of the molecule is C=C(C)c1ccc(C(CC)(c2ccc(-c3nc(-c4ccccc4)cc(-c4cccc(C5=CCCC=C5)c4)n3)cc2)C(C)C)cc1. The predicted octanol–water partition coefficient (Wildman–Crippen LogP) is 11.6. The highest BCUT2D eigenvalue weighted by Gasteiger charge is 2.36. The predicted molar refractivity (Wildman–Crippen MR) is 192 cm³/mol. The van der Waals surface area contributed by atoms with E-state index in [1.54, 1.807) is 0 Å². The molecule has 0 radical (unpaired) electrons. The normalized spacial score (nSPS) is 14.2. The minimum Gasteiger partial charge on any atom is -0.228 e. The molecule has 1 aliphatic carbocycles. The number of nitrogens with zero attached hydrogens (tertiary/aromatic N) is 2. The van der Waals surface area contributed by atoms with Crippen LogP contribution in [0, 0.1) is 5.92 Å². The second-order valence-electron chi connectivity index (χ2n) is 12.5. The summed E-state index contributed by atoms with van der Waals surface area (Å²) in [5.41, 5.74) is 12.3. The Hall–Kier alpha value is -4.82. The van der Waals surface area contributed by atoms with Gasteiger partial charge in [0.25, 0.3) is 0 Å². The maximum Gasteiger partial charge on any atom is 0.160 e. The molecule has 0 saturated carbocycles. The van der Waals surface area contributed by atoms with Gasteiger partial charge in [-0.2, -0.15) is 0 Å². The van der Waals surface area contributed by atoms with E-state index in [4.69, 9.17) is 9.97 Å². The first-order chi connectivity index (χ1) is 21.9. The van der Waals surface area contributed by atoms with Gasteiger partial charge in [-0.05, 0) is 72.1 Å². The molecule has 0 fully saturated rings. The van der Waals surface area contributed by atoms with Crippen LogP contribution in [0.5, 0.6) is 0 Å². The Bertz CT molecular complexity index is 1860. The van der Waals surface area contributed by atoms with Gasteiger partial charge in [0.2, 0.25) is 0 Å². The largest absolute Gasteiger partial charge is 0.228 e. The Morgan fingerprint density at radius 3 is 1.93 bits per heavy atom. The lowest BCUT2D eigenvalue weighted by molar-refractivity contribution is 0.358. The Balaban J connectivity index is 1.43. The average Bonchev–Trinajstić information content (AvgIpc) is 3.10. The molecule has 6 rings (SSSR count). The minimum atomic E-state index is -0.104. The van der Waals surface area contributed by atoms with Crippen molar-refractivity contribution in [1.29, 1.82) is 0 Å². The van der Waals surface area contributed by atoms with Crippen molar-refractivity contribution in [3.8, 4) is 33.9 Å². The summed E-state index contributed by atoms with van der Waals surface area (Å²) in [6, 6.07) is 39.2. The molecule has 224 valence electrons. The smallest absolute Gasteiger partial charge is 0.160 e. The number of hydrogen-bond donors (Lipinski definition) is 0. The van der Waals surface area contributed by atoms with Crippen molar-refractivity contribution in [3.05, 3.63) is 156 Å². The van der Waals surface area contributed by atoms with Gasteiger partial charge in [-0.15, -0.1) is 0 Å². The maximum absolute atomic E-state index is 5.16. The van der Waals surface area contributed by atoms with Crippen molar-refractivity contribution in [2.75, 3.05) is 0 Å². The molecule has 2 heteroatoms. The lowest BCUT2D eigenvalue weighted by Gasteiger charge is -2.38. The van der Waals surface area contributed by atoms with Crippen molar-refractivity contribution >= 4 is 11.1 Å². The third-order valence-electron chi connectivity index (χ3n) is 9.38. The van der Waals surface area contributed by atoms with Crippen LogP contribution >= 0.6 is 0 Å². The van der Waals surface area contributed by atoms with E-state index < -0.39 is 0 Å². The van der Waals surface area contributed by atoms with Crippen molar-refractivity contribution in [2.45, 2.75) is 52.4 Å². The van der Waals surface area contributed by atoms with Crippen LogP contribution in [0.2, 0.25) is 0 Å². The maximum atomic E-state index is 5.16. The second kappa shape index (κ2) is 13.0. The van der Waals surface area contributed by atoms with Gasteiger partial charge < -0.3 is 0 Å². The van der Waals surface area contributed by atoms with Crippen LogP contribution in [0.3, 0.4) is 0 Å². The van der Waals surface area contributed by atoms with Gasteiger partial charge in [0.1, 0.15) is 0 Å². The van der Waals surface area contributed by atoms with E-state index in [1.165, 1.54) is 27.8 Å². The molecule has 45 heavy (non-hydrogen) atoms. The molecule has 2 nitrogen and oxygen atoms in total. The first-order valence-electron chi connectivity index (χ1n) is 16.2. The lowest BCUT2D eigenvalue weighted by Crippen LogP contribution is -2.33. The van der Waals surface area contributed by atoms with E-state index in [1.807, 2.05) is 6.07 Å². The summed E-state index contributed by atoms with van der Waals surface area (Å²) in [7, 11) is 0. The van der Waals surface area contributed by atoms with Crippen LogP contribution in [0.25, 0.3) is 45.0 Å². The monoisotopic (exact) mass is 586 g/mol. The molecule has 1 unspecified atom stereocenters. The third-order valence-corrected chi connectivity index (χ3v) is 9.38. The van der Waals surface area contributed by atoms with Gasteiger partial charge in [0, 0.05) is 22.1 Å². The fraction of sp³-hybridized carbons (Fsp3) is 0.209. The fourth-order valence-corrected chi connectivity index (χ4v) is 6.79. The first kappa shape index (κ1) is 30.2. The van der Waals surface area contributed by atoms with Crippen LogP contribution in [0.1, 0.15) is 69.2 Å². The van der Waals surface area contributed by atoms with Gasteiger partial charge in [-0.25, -0.2) is 9.97 Å². The van der Waals surface area contributed by atoms with Crippen molar-refractivity contribution in [1.82, 2.24) is 9.97 Å². The standard InChI is InChI=1S/C43H42N2/c1-6-43(31(4)5,38-24-20-32(21-25-38)30(2)3)39-26-22-35(23-27-39)42-44-40(34-16-11-8-12-17-34)29-41(45-42)37-19-13-18-36(28-37)33-14-9-7-10-15-33/h8-9,11-29,31H,2,6-7,10H2,1,3-5H3. The molecule has 0 amide bonds. The number of rotatable bonds is 9. The van der Waals surface area contributed by atoms with E-state index in [-0.39, 0.29) is 5.41 Å². The minimum absolute atomic E-state index is 0.104. The molecule has 4 aromatic carbocycles. The summed E-state index contributed by atoms with van der Waals surface area (Å²) in [4.78, 5) is 10.3. The van der Waals surface area contributed by atoms with Crippen LogP contribution < -0.4 is 0 Å². The third kappa shape index (κ3) is 6.11. The van der Waals surface area contributed by atoms with Crippen LogP contribution in [-0.2, 0) is 5.41 Å². The Kier molecular flexibility index (Phi) is 8.76. The summed E-state index contributed by atoms with van der Waals surface area (Å²) in [6.45, 7) is 13.1. The molecule has 1 atom stereocenters. The zero-order valence-corrected chi connectivity index (χ0v) is 26.9. The van der Waals surface area contributed by atoms with E-state index in [0.717, 1.165) is 58.7 Å². The number of benzene rings is 4. The molecule has 1 heterocycles. The highest BCUT2D eigenvalue weighted by Crippen LogP contribution is 2.43. The Morgan fingerprint density at radius 2 is 1.33 bits per heavy atom. The quantitative estimate of drug-likeness (QED) is 0.172. The van der Waals surface area contributed by atoms with E-state index >= 15 is 0 Å². The molecule has 0 aliphatic heterocycles. The second-order valence-corrected chi connectivity index (χ2v) is 12.5. The van der Waals surface area contributed by atoms with Crippen LogP contribution in [-0.4, -0.2) is 9.97 Å². The molecule has 0 saturated heterocycles. The topological polar surface area (TPSA) is 25.8 Å². The molecule has 1 aromatic heterocycles. The van der Waals surface area contributed by atoms with Gasteiger partial charge >= 0.3 is 0 Å². The average molecular weight is 587 g/mol. The summed E-state index contributed by atoms with van der Waals surface area (Å²) >= 11 is 0. The highest BCUT2D eigenvalue weighted by atomic mass is 14.9. The summed E-state index contributed by atoms with van der Waals surface area (Å²) < 4.78 is 0. The molecule has 1 aliphatic rings. The fourth-order valence-electron chi connectivity index (χ4n) is 6.79. The Morgan fingerprint density at radius 1 is 0.711 bits per heavy atom. The Labute approximate surface area is 268 Å². The summed E-state index contributed by atoms with van der Waals surface area (Å²) in [5.74, 6) is 1.15. The zero-order valence-electron chi connectivity index (χ0n) is 26.9.